The fourth-order valence-electron chi connectivity index (χ4n) is 5.07. The van der Waals surface area contributed by atoms with Gasteiger partial charge in [-0.25, -0.2) is 0 Å². The lowest BCUT2D eigenvalue weighted by atomic mass is 9.95. The van der Waals surface area contributed by atoms with E-state index >= 15 is 0 Å². The molecular formula is C40H30S. The molecule has 0 radical (unpaired) electrons. The van der Waals surface area contributed by atoms with Crippen LogP contribution in [0.5, 0.6) is 0 Å². The monoisotopic (exact) mass is 542 g/mol. The first-order valence-corrected chi connectivity index (χ1v) is 14.7. The molecule has 0 fully saturated rings. The van der Waals surface area contributed by atoms with E-state index in [-0.39, 0.29) is 0 Å². The van der Waals surface area contributed by atoms with Gasteiger partial charge < -0.3 is 0 Å². The van der Waals surface area contributed by atoms with Gasteiger partial charge in [-0.05, 0) is 33.4 Å². The van der Waals surface area contributed by atoms with E-state index in [0.717, 1.165) is 0 Å². The van der Waals surface area contributed by atoms with Crippen molar-refractivity contribution < 1.29 is 0 Å². The van der Waals surface area contributed by atoms with Crippen molar-refractivity contribution in [2.45, 2.75) is 0 Å². The zero-order chi connectivity index (χ0) is 27.7. The van der Waals surface area contributed by atoms with E-state index in [1.807, 2.05) is 11.8 Å². The van der Waals surface area contributed by atoms with Crippen LogP contribution in [-0.4, -0.2) is 0 Å². The zero-order valence-electron chi connectivity index (χ0n) is 22.7. The lowest BCUT2D eigenvalue weighted by Gasteiger charge is -2.22. The molecule has 0 nitrogen and oxygen atoms in total. The third kappa shape index (κ3) is 6.17. The second-order valence-corrected chi connectivity index (χ2v) is 10.7. The minimum absolute atomic E-state index is 1.19. The lowest BCUT2D eigenvalue weighted by molar-refractivity contribution is 1.54. The molecular weight excluding hydrogens is 513 g/mol. The summed E-state index contributed by atoms with van der Waals surface area (Å²) in [6, 6.07) is 64.6. The van der Waals surface area contributed by atoms with Crippen molar-refractivity contribution in [3.63, 3.8) is 0 Å². The van der Waals surface area contributed by atoms with Crippen LogP contribution in [0, 0.1) is 0 Å². The molecule has 0 aromatic heterocycles. The molecule has 41 heavy (non-hydrogen) atoms. The Morgan fingerprint density at radius 2 is 0.439 bits per heavy atom. The molecule has 196 valence electrons. The average Bonchev–Trinajstić information content (AvgIpc) is 3.07. The average molecular weight is 543 g/mol. The third-order valence-corrected chi connectivity index (χ3v) is 8.27. The highest BCUT2D eigenvalue weighted by Crippen LogP contribution is 2.49. The maximum absolute atomic E-state index is 2.22. The van der Waals surface area contributed by atoms with Crippen LogP contribution in [0.4, 0.5) is 0 Å². The lowest BCUT2D eigenvalue weighted by Crippen LogP contribution is -1.97. The smallest absolute Gasteiger partial charge is 0.0279 e. The SMILES string of the molecule is c1ccc(C(SC(=C(c2ccccc2)c2ccccc2)c2ccccc2)=C(c2ccccc2)c2ccccc2)cc1. The first kappa shape index (κ1) is 26.4. The van der Waals surface area contributed by atoms with Crippen molar-refractivity contribution in [3.8, 4) is 0 Å². The Morgan fingerprint density at radius 1 is 0.244 bits per heavy atom. The molecule has 0 N–H and O–H groups in total. The standard InChI is InChI=1S/C40H30S/c1-7-19-31(20-8-1)37(32-21-9-2-10-22-32)39(35-27-15-5-16-28-35)41-40(36-29-17-6-18-30-36)38(33-23-11-3-12-24-33)34-25-13-4-14-26-34/h1-30H. The van der Waals surface area contributed by atoms with Crippen LogP contribution in [0.2, 0.25) is 0 Å². The van der Waals surface area contributed by atoms with E-state index in [1.54, 1.807) is 0 Å². The summed E-state index contributed by atoms with van der Waals surface area (Å²) in [5.41, 5.74) is 9.59. The summed E-state index contributed by atoms with van der Waals surface area (Å²) in [5, 5.41) is 0. The van der Waals surface area contributed by atoms with Crippen LogP contribution in [0.1, 0.15) is 33.4 Å². The largest absolute Gasteiger partial charge is 0.0875 e. The Balaban J connectivity index is 1.71. The molecule has 0 aliphatic heterocycles. The van der Waals surface area contributed by atoms with Crippen LogP contribution in [0.25, 0.3) is 21.0 Å². The van der Waals surface area contributed by atoms with Crippen molar-refractivity contribution in [2.75, 3.05) is 0 Å². The highest BCUT2D eigenvalue weighted by molar-refractivity contribution is 8.17. The van der Waals surface area contributed by atoms with E-state index in [0.29, 0.717) is 0 Å². The van der Waals surface area contributed by atoms with Crippen molar-refractivity contribution in [3.05, 3.63) is 215 Å². The van der Waals surface area contributed by atoms with Gasteiger partial charge in [0.2, 0.25) is 0 Å². The molecule has 0 heterocycles. The topological polar surface area (TPSA) is 0 Å². The van der Waals surface area contributed by atoms with Gasteiger partial charge in [0.1, 0.15) is 0 Å². The number of thioether (sulfide) groups is 1. The van der Waals surface area contributed by atoms with Gasteiger partial charge in [0.25, 0.3) is 0 Å². The predicted octanol–water partition coefficient (Wildman–Crippen LogP) is 11.0. The number of benzene rings is 6. The second kappa shape index (κ2) is 13.0. The number of hydrogen-bond donors (Lipinski definition) is 0. The summed E-state index contributed by atoms with van der Waals surface area (Å²) >= 11 is 1.85. The summed E-state index contributed by atoms with van der Waals surface area (Å²) in [5.74, 6) is 0. The van der Waals surface area contributed by atoms with Gasteiger partial charge in [0.15, 0.2) is 0 Å². The fourth-order valence-corrected chi connectivity index (χ4v) is 6.45. The van der Waals surface area contributed by atoms with E-state index in [2.05, 4.69) is 182 Å². The molecule has 0 amide bonds. The van der Waals surface area contributed by atoms with Crippen molar-refractivity contribution in [1.82, 2.24) is 0 Å². The number of hydrogen-bond acceptors (Lipinski definition) is 1. The molecule has 1 heteroatoms. The van der Waals surface area contributed by atoms with E-state index in [9.17, 15) is 0 Å². The van der Waals surface area contributed by atoms with Crippen LogP contribution in [0.15, 0.2) is 182 Å². The molecule has 0 atom stereocenters. The molecule has 0 aliphatic rings. The van der Waals surface area contributed by atoms with Crippen LogP contribution >= 0.6 is 11.8 Å². The third-order valence-electron chi connectivity index (χ3n) is 6.98. The summed E-state index contributed by atoms with van der Waals surface area (Å²) < 4.78 is 0. The Kier molecular flexibility index (Phi) is 8.36. The molecule has 6 rings (SSSR count). The molecule has 0 saturated carbocycles. The molecule has 0 spiro atoms. The minimum Gasteiger partial charge on any atom is -0.0875 e. The maximum atomic E-state index is 2.22. The van der Waals surface area contributed by atoms with Gasteiger partial charge in [-0.15, -0.1) is 0 Å². The van der Waals surface area contributed by atoms with Crippen LogP contribution in [0.3, 0.4) is 0 Å². The summed E-state index contributed by atoms with van der Waals surface area (Å²) in [4.78, 5) is 2.43. The summed E-state index contributed by atoms with van der Waals surface area (Å²) in [6.45, 7) is 0. The van der Waals surface area contributed by atoms with E-state index < -0.39 is 0 Å². The highest BCUT2D eigenvalue weighted by Gasteiger charge is 2.21. The maximum Gasteiger partial charge on any atom is 0.0279 e. The Labute approximate surface area is 247 Å². The van der Waals surface area contributed by atoms with Crippen molar-refractivity contribution in [2.24, 2.45) is 0 Å². The quantitative estimate of drug-likeness (QED) is 0.172. The van der Waals surface area contributed by atoms with Gasteiger partial charge in [0, 0.05) is 21.0 Å². The number of rotatable bonds is 8. The molecule has 0 unspecified atom stereocenters. The zero-order valence-corrected chi connectivity index (χ0v) is 23.5. The molecule has 6 aromatic carbocycles. The van der Waals surface area contributed by atoms with Gasteiger partial charge in [0.05, 0.1) is 0 Å². The first-order chi connectivity index (χ1) is 20.4. The summed E-state index contributed by atoms with van der Waals surface area (Å²) in [6.07, 6.45) is 0. The van der Waals surface area contributed by atoms with Gasteiger partial charge in [-0.3, -0.25) is 0 Å². The highest BCUT2D eigenvalue weighted by atomic mass is 32.2. The molecule has 6 aromatic rings. The second-order valence-electron chi connectivity index (χ2n) is 9.71. The minimum atomic E-state index is 1.19. The normalized spacial score (nSPS) is 10.5. The van der Waals surface area contributed by atoms with Crippen molar-refractivity contribution in [1.29, 1.82) is 0 Å². The molecule has 0 saturated heterocycles. The molecule has 0 aliphatic carbocycles. The summed E-state index contributed by atoms with van der Waals surface area (Å²) in [7, 11) is 0. The Hall–Kier alpha value is -4.85. The fraction of sp³-hybridized carbons (Fsp3) is 0. The van der Waals surface area contributed by atoms with E-state index in [4.69, 9.17) is 0 Å². The van der Waals surface area contributed by atoms with Crippen LogP contribution < -0.4 is 0 Å². The van der Waals surface area contributed by atoms with Gasteiger partial charge in [-0.1, -0.05) is 194 Å². The predicted molar refractivity (Wildman–Crippen MR) is 178 cm³/mol. The van der Waals surface area contributed by atoms with Gasteiger partial charge in [-0.2, -0.15) is 0 Å². The Morgan fingerprint density at radius 3 is 0.659 bits per heavy atom. The Bertz CT molecular complexity index is 1520. The van der Waals surface area contributed by atoms with Gasteiger partial charge >= 0.3 is 0 Å². The van der Waals surface area contributed by atoms with E-state index in [1.165, 1.54) is 54.3 Å². The van der Waals surface area contributed by atoms with Crippen LogP contribution in [-0.2, 0) is 0 Å². The molecule has 0 bridgehead atoms. The first-order valence-electron chi connectivity index (χ1n) is 13.9. The van der Waals surface area contributed by atoms with Crippen molar-refractivity contribution >= 4 is 32.7 Å².